The summed E-state index contributed by atoms with van der Waals surface area (Å²) in [6.45, 7) is 1.41. The zero-order chi connectivity index (χ0) is 18.0. The van der Waals surface area contributed by atoms with Gasteiger partial charge in [0.1, 0.15) is 0 Å². The van der Waals surface area contributed by atoms with E-state index in [1.807, 2.05) is 73.6 Å². The molecule has 0 radical (unpaired) electrons. The topological polar surface area (TPSA) is 65.0 Å². The SMILES string of the molecule is CC(=O)N1N=C(c2ccccc2)NC(=O)C1c1ccc(N(C)C)cc1. The largest absolute Gasteiger partial charge is 0.378 e. The highest BCUT2D eigenvalue weighted by atomic mass is 16.2. The molecule has 2 amide bonds. The van der Waals surface area contributed by atoms with Crippen LogP contribution in [-0.4, -0.2) is 36.8 Å². The molecule has 1 aliphatic heterocycles. The van der Waals surface area contributed by atoms with Crippen LogP contribution in [0.15, 0.2) is 59.7 Å². The number of nitrogens with one attached hydrogen (secondary N) is 1. The third-order valence-electron chi connectivity index (χ3n) is 4.04. The molecule has 0 fully saturated rings. The lowest BCUT2D eigenvalue weighted by molar-refractivity contribution is -0.139. The average Bonchev–Trinajstić information content (AvgIpc) is 2.61. The lowest BCUT2D eigenvalue weighted by atomic mass is 10.0. The number of anilines is 1. The summed E-state index contributed by atoms with van der Waals surface area (Å²) in [5.74, 6) is -0.186. The number of carbonyl (C=O) groups excluding carboxylic acids is 2. The van der Waals surface area contributed by atoms with Crippen molar-refractivity contribution in [2.24, 2.45) is 5.10 Å². The minimum Gasteiger partial charge on any atom is -0.378 e. The summed E-state index contributed by atoms with van der Waals surface area (Å²) >= 11 is 0. The Kier molecular flexibility index (Phi) is 4.52. The highest BCUT2D eigenvalue weighted by Crippen LogP contribution is 2.27. The quantitative estimate of drug-likeness (QED) is 0.934. The number of hydrogen-bond acceptors (Lipinski definition) is 4. The van der Waals surface area contributed by atoms with Crippen LogP contribution in [0.1, 0.15) is 24.1 Å². The van der Waals surface area contributed by atoms with E-state index in [9.17, 15) is 9.59 Å². The van der Waals surface area contributed by atoms with Crippen molar-refractivity contribution in [1.82, 2.24) is 10.3 Å². The molecule has 128 valence electrons. The maximum absolute atomic E-state index is 12.7. The maximum Gasteiger partial charge on any atom is 0.255 e. The van der Waals surface area contributed by atoms with Crippen molar-refractivity contribution in [3.63, 3.8) is 0 Å². The monoisotopic (exact) mass is 336 g/mol. The molecule has 6 heteroatoms. The molecule has 2 aromatic carbocycles. The van der Waals surface area contributed by atoms with Gasteiger partial charge in [-0.3, -0.25) is 9.59 Å². The van der Waals surface area contributed by atoms with E-state index in [0.29, 0.717) is 11.4 Å². The molecule has 2 aromatic rings. The molecule has 1 N–H and O–H groups in total. The van der Waals surface area contributed by atoms with E-state index in [4.69, 9.17) is 0 Å². The summed E-state index contributed by atoms with van der Waals surface area (Å²) in [4.78, 5) is 26.8. The predicted molar refractivity (Wildman–Crippen MR) is 97.2 cm³/mol. The summed E-state index contributed by atoms with van der Waals surface area (Å²) in [7, 11) is 3.89. The predicted octanol–water partition coefficient (Wildman–Crippen LogP) is 2.13. The second-order valence-electron chi connectivity index (χ2n) is 6.06. The Morgan fingerprint density at radius 2 is 1.72 bits per heavy atom. The molecular weight excluding hydrogens is 316 g/mol. The van der Waals surface area contributed by atoms with Gasteiger partial charge in [0, 0.05) is 32.3 Å². The minimum atomic E-state index is -0.777. The zero-order valence-electron chi connectivity index (χ0n) is 14.4. The van der Waals surface area contributed by atoms with Crippen molar-refractivity contribution in [1.29, 1.82) is 0 Å². The van der Waals surface area contributed by atoms with Crippen LogP contribution in [0.5, 0.6) is 0 Å². The van der Waals surface area contributed by atoms with Crippen molar-refractivity contribution in [2.75, 3.05) is 19.0 Å². The Balaban J connectivity index is 1.98. The zero-order valence-corrected chi connectivity index (χ0v) is 14.4. The van der Waals surface area contributed by atoms with E-state index in [0.717, 1.165) is 11.3 Å². The molecule has 25 heavy (non-hydrogen) atoms. The first kappa shape index (κ1) is 16.7. The van der Waals surface area contributed by atoms with Crippen LogP contribution in [0.3, 0.4) is 0 Å². The number of amidine groups is 1. The summed E-state index contributed by atoms with van der Waals surface area (Å²) in [6.07, 6.45) is 0. The average molecular weight is 336 g/mol. The first-order valence-corrected chi connectivity index (χ1v) is 7.99. The molecule has 0 bridgehead atoms. The van der Waals surface area contributed by atoms with E-state index in [1.54, 1.807) is 0 Å². The fourth-order valence-electron chi connectivity index (χ4n) is 2.71. The van der Waals surface area contributed by atoms with E-state index >= 15 is 0 Å². The van der Waals surface area contributed by atoms with Gasteiger partial charge in [-0.15, -0.1) is 0 Å². The van der Waals surface area contributed by atoms with Gasteiger partial charge in [-0.1, -0.05) is 42.5 Å². The van der Waals surface area contributed by atoms with E-state index in [1.165, 1.54) is 11.9 Å². The number of hydrazone groups is 1. The number of benzene rings is 2. The van der Waals surface area contributed by atoms with Gasteiger partial charge in [0.05, 0.1) is 0 Å². The number of carbonyl (C=O) groups is 2. The van der Waals surface area contributed by atoms with Gasteiger partial charge in [-0.05, 0) is 17.7 Å². The van der Waals surface area contributed by atoms with Gasteiger partial charge in [-0.25, -0.2) is 5.01 Å². The lowest BCUT2D eigenvalue weighted by Gasteiger charge is -2.31. The van der Waals surface area contributed by atoms with Crippen LogP contribution >= 0.6 is 0 Å². The molecule has 1 aliphatic rings. The van der Waals surface area contributed by atoms with Crippen molar-refractivity contribution in [2.45, 2.75) is 13.0 Å². The van der Waals surface area contributed by atoms with Crippen LogP contribution in [0.4, 0.5) is 5.69 Å². The molecule has 1 heterocycles. The second-order valence-corrected chi connectivity index (χ2v) is 6.06. The third kappa shape index (κ3) is 3.38. The third-order valence-corrected chi connectivity index (χ3v) is 4.04. The summed E-state index contributed by atoms with van der Waals surface area (Å²) in [5.41, 5.74) is 2.49. The first-order chi connectivity index (χ1) is 12.0. The maximum atomic E-state index is 12.7. The van der Waals surface area contributed by atoms with Crippen LogP contribution in [-0.2, 0) is 9.59 Å². The smallest absolute Gasteiger partial charge is 0.255 e. The van der Waals surface area contributed by atoms with E-state index in [2.05, 4.69) is 10.4 Å². The number of rotatable bonds is 3. The summed E-state index contributed by atoms with van der Waals surface area (Å²) < 4.78 is 0. The van der Waals surface area contributed by atoms with Gasteiger partial charge < -0.3 is 10.2 Å². The lowest BCUT2D eigenvalue weighted by Crippen LogP contribution is -2.48. The molecule has 0 aliphatic carbocycles. The molecule has 0 saturated heterocycles. The van der Waals surface area contributed by atoms with Crippen molar-refractivity contribution < 1.29 is 9.59 Å². The van der Waals surface area contributed by atoms with E-state index in [-0.39, 0.29) is 11.8 Å². The standard InChI is InChI=1S/C19H20N4O2/c1-13(24)23-17(14-9-11-16(12-10-14)22(2)3)19(25)20-18(21-23)15-7-5-4-6-8-15/h4-12,17H,1-3H3,(H,20,21,25). The van der Waals surface area contributed by atoms with Crippen LogP contribution in [0.2, 0.25) is 0 Å². The molecule has 0 spiro atoms. The van der Waals surface area contributed by atoms with Gasteiger partial charge in [0.25, 0.3) is 5.91 Å². The summed E-state index contributed by atoms with van der Waals surface area (Å²) in [6, 6.07) is 16.0. The molecular formula is C19H20N4O2. The van der Waals surface area contributed by atoms with Gasteiger partial charge in [0.15, 0.2) is 11.9 Å². The Bertz CT molecular complexity index is 813. The second kappa shape index (κ2) is 6.76. The Morgan fingerprint density at radius 1 is 1.08 bits per heavy atom. The molecule has 1 atom stereocenters. The van der Waals surface area contributed by atoms with Crippen molar-refractivity contribution in [3.8, 4) is 0 Å². The van der Waals surface area contributed by atoms with E-state index < -0.39 is 6.04 Å². The Morgan fingerprint density at radius 3 is 2.28 bits per heavy atom. The van der Waals surface area contributed by atoms with Crippen LogP contribution in [0, 0.1) is 0 Å². The summed E-state index contributed by atoms with van der Waals surface area (Å²) in [5, 5.41) is 8.43. The fourth-order valence-corrected chi connectivity index (χ4v) is 2.71. The first-order valence-electron chi connectivity index (χ1n) is 7.99. The van der Waals surface area contributed by atoms with Gasteiger partial charge >= 0.3 is 0 Å². The normalized spacial score (nSPS) is 16.9. The van der Waals surface area contributed by atoms with Gasteiger partial charge in [-0.2, -0.15) is 5.10 Å². The molecule has 6 nitrogen and oxygen atoms in total. The van der Waals surface area contributed by atoms with Crippen LogP contribution in [0.25, 0.3) is 0 Å². The minimum absolute atomic E-state index is 0.276. The Hall–Kier alpha value is -3.15. The highest BCUT2D eigenvalue weighted by Gasteiger charge is 2.35. The molecule has 3 rings (SSSR count). The number of amides is 2. The number of hydrogen-bond donors (Lipinski definition) is 1. The van der Waals surface area contributed by atoms with Crippen LogP contribution < -0.4 is 10.2 Å². The van der Waals surface area contributed by atoms with Crippen molar-refractivity contribution in [3.05, 3.63) is 65.7 Å². The Labute approximate surface area is 146 Å². The molecule has 0 aromatic heterocycles. The molecule has 0 saturated carbocycles. The molecule has 1 unspecified atom stereocenters. The van der Waals surface area contributed by atoms with Gasteiger partial charge in [0.2, 0.25) is 5.91 Å². The fraction of sp³-hybridized carbons (Fsp3) is 0.211. The highest BCUT2D eigenvalue weighted by molar-refractivity contribution is 6.11. The van der Waals surface area contributed by atoms with Crippen molar-refractivity contribution >= 4 is 23.3 Å². The number of nitrogens with zero attached hydrogens (tertiary/aromatic N) is 3.